The molecule has 86 valence electrons. The van der Waals surface area contributed by atoms with Crippen molar-refractivity contribution in [1.82, 2.24) is 0 Å². The van der Waals surface area contributed by atoms with Crippen LogP contribution in [-0.4, -0.2) is 17.1 Å². The maximum Gasteiger partial charge on any atom is 0.338 e. The van der Waals surface area contributed by atoms with Gasteiger partial charge in [-0.15, -0.1) is 0 Å². The van der Waals surface area contributed by atoms with E-state index in [-0.39, 0.29) is 12.1 Å². The highest BCUT2D eigenvalue weighted by Gasteiger charge is 2.11. The van der Waals surface area contributed by atoms with Gasteiger partial charge in [0.1, 0.15) is 4.99 Å². The fourth-order valence-electron chi connectivity index (χ4n) is 1.35. The second-order valence-electron chi connectivity index (χ2n) is 3.85. The number of aryl methyl sites for hydroxylation is 1. The van der Waals surface area contributed by atoms with Crippen molar-refractivity contribution in [3.8, 4) is 0 Å². The molecule has 0 spiro atoms. The van der Waals surface area contributed by atoms with Gasteiger partial charge in [0.2, 0.25) is 0 Å². The van der Waals surface area contributed by atoms with E-state index in [1.54, 1.807) is 18.2 Å². The maximum atomic E-state index is 11.6. The van der Waals surface area contributed by atoms with Crippen LogP contribution in [0.5, 0.6) is 0 Å². The molecule has 0 aromatic heterocycles. The number of hydrogen-bond donors (Lipinski definition) is 1. The molecule has 0 fully saturated rings. The molecule has 0 saturated carbocycles. The van der Waals surface area contributed by atoms with Gasteiger partial charge >= 0.3 is 5.97 Å². The molecular weight excluding hydrogens is 222 g/mol. The molecule has 0 heterocycles. The van der Waals surface area contributed by atoms with E-state index in [2.05, 4.69) is 0 Å². The van der Waals surface area contributed by atoms with E-state index in [1.807, 2.05) is 20.8 Å². The molecule has 0 radical (unpaired) electrons. The maximum absolute atomic E-state index is 11.6. The molecule has 0 unspecified atom stereocenters. The zero-order valence-electron chi connectivity index (χ0n) is 9.61. The van der Waals surface area contributed by atoms with E-state index in [4.69, 9.17) is 22.7 Å². The Kier molecular flexibility index (Phi) is 4.01. The number of rotatable bonds is 3. The van der Waals surface area contributed by atoms with E-state index in [0.29, 0.717) is 10.6 Å². The number of thiocarbonyl (C=S) groups is 1. The van der Waals surface area contributed by atoms with Crippen LogP contribution in [-0.2, 0) is 4.74 Å². The van der Waals surface area contributed by atoms with Crippen LogP contribution < -0.4 is 5.73 Å². The van der Waals surface area contributed by atoms with E-state index < -0.39 is 0 Å². The fraction of sp³-hybridized carbons (Fsp3) is 0.333. The molecule has 1 aromatic rings. The Bertz CT molecular complexity index is 427. The SMILES string of the molecule is Cc1cc(C(=O)OC(C)C)ccc1C(N)=S. The normalized spacial score (nSPS) is 10.2. The first-order chi connectivity index (χ1) is 7.41. The van der Waals surface area contributed by atoms with Gasteiger partial charge in [-0.05, 0) is 38.5 Å². The van der Waals surface area contributed by atoms with Crippen LogP contribution in [0.25, 0.3) is 0 Å². The van der Waals surface area contributed by atoms with Crippen LogP contribution in [0.2, 0.25) is 0 Å². The quantitative estimate of drug-likeness (QED) is 0.647. The second kappa shape index (κ2) is 5.07. The molecule has 16 heavy (non-hydrogen) atoms. The number of esters is 1. The van der Waals surface area contributed by atoms with E-state index in [0.717, 1.165) is 11.1 Å². The van der Waals surface area contributed by atoms with Crippen molar-refractivity contribution in [3.05, 3.63) is 34.9 Å². The summed E-state index contributed by atoms with van der Waals surface area (Å²) < 4.78 is 5.09. The molecule has 1 rings (SSSR count). The van der Waals surface area contributed by atoms with Crippen LogP contribution in [0, 0.1) is 6.92 Å². The standard InChI is InChI=1S/C12H15NO2S/c1-7(2)15-12(14)9-4-5-10(11(13)16)8(3)6-9/h4-7H,1-3H3,(H2,13,16). The summed E-state index contributed by atoms with van der Waals surface area (Å²) in [5.41, 5.74) is 7.72. The summed E-state index contributed by atoms with van der Waals surface area (Å²) in [5, 5.41) is 0. The van der Waals surface area contributed by atoms with Crippen LogP contribution in [0.3, 0.4) is 0 Å². The molecule has 1 aromatic carbocycles. The largest absolute Gasteiger partial charge is 0.459 e. The van der Waals surface area contributed by atoms with Gasteiger partial charge in [-0.25, -0.2) is 4.79 Å². The van der Waals surface area contributed by atoms with Gasteiger partial charge < -0.3 is 10.5 Å². The van der Waals surface area contributed by atoms with Gasteiger partial charge in [-0.1, -0.05) is 18.3 Å². The van der Waals surface area contributed by atoms with Crippen molar-refractivity contribution in [2.24, 2.45) is 5.73 Å². The molecule has 0 saturated heterocycles. The average Bonchev–Trinajstić information content (AvgIpc) is 2.15. The summed E-state index contributed by atoms with van der Waals surface area (Å²) in [5.74, 6) is -0.326. The summed E-state index contributed by atoms with van der Waals surface area (Å²) in [6, 6.07) is 5.15. The lowest BCUT2D eigenvalue weighted by Crippen LogP contribution is -2.14. The molecule has 0 aliphatic heterocycles. The Balaban J connectivity index is 2.97. The third-order valence-electron chi connectivity index (χ3n) is 2.07. The first kappa shape index (κ1) is 12.6. The summed E-state index contributed by atoms with van der Waals surface area (Å²) in [4.78, 5) is 11.9. The highest BCUT2D eigenvalue weighted by atomic mass is 32.1. The van der Waals surface area contributed by atoms with Crippen molar-refractivity contribution < 1.29 is 9.53 Å². The fourth-order valence-corrected chi connectivity index (χ4v) is 1.58. The first-order valence-electron chi connectivity index (χ1n) is 5.03. The van der Waals surface area contributed by atoms with Gasteiger partial charge in [0.05, 0.1) is 11.7 Å². The minimum absolute atomic E-state index is 0.122. The topological polar surface area (TPSA) is 52.3 Å². The minimum atomic E-state index is -0.326. The number of hydrogen-bond acceptors (Lipinski definition) is 3. The van der Waals surface area contributed by atoms with Crippen LogP contribution in [0.15, 0.2) is 18.2 Å². The number of ether oxygens (including phenoxy) is 1. The highest BCUT2D eigenvalue weighted by molar-refractivity contribution is 7.80. The predicted molar refractivity (Wildman–Crippen MR) is 67.6 cm³/mol. The second-order valence-corrected chi connectivity index (χ2v) is 4.29. The molecule has 0 bridgehead atoms. The van der Waals surface area contributed by atoms with Crippen molar-refractivity contribution in [2.45, 2.75) is 26.9 Å². The summed E-state index contributed by atoms with van der Waals surface area (Å²) in [7, 11) is 0. The van der Waals surface area contributed by atoms with E-state index >= 15 is 0 Å². The first-order valence-corrected chi connectivity index (χ1v) is 5.44. The lowest BCUT2D eigenvalue weighted by Gasteiger charge is -2.09. The van der Waals surface area contributed by atoms with Crippen LogP contribution in [0.4, 0.5) is 0 Å². The summed E-state index contributed by atoms with van der Waals surface area (Å²) in [6.45, 7) is 5.49. The van der Waals surface area contributed by atoms with Gasteiger partial charge in [-0.3, -0.25) is 0 Å². The third kappa shape index (κ3) is 3.03. The van der Waals surface area contributed by atoms with E-state index in [1.165, 1.54) is 0 Å². The molecule has 2 N–H and O–H groups in total. The van der Waals surface area contributed by atoms with Gasteiger partial charge in [0.25, 0.3) is 0 Å². The Hall–Kier alpha value is -1.42. The monoisotopic (exact) mass is 237 g/mol. The third-order valence-corrected chi connectivity index (χ3v) is 2.29. The molecule has 0 amide bonds. The van der Waals surface area contributed by atoms with Gasteiger partial charge in [0.15, 0.2) is 0 Å². The van der Waals surface area contributed by atoms with Crippen molar-refractivity contribution in [2.75, 3.05) is 0 Å². The molecule has 3 nitrogen and oxygen atoms in total. The smallest absolute Gasteiger partial charge is 0.338 e. The van der Waals surface area contributed by atoms with Crippen LogP contribution in [0.1, 0.15) is 35.3 Å². The highest BCUT2D eigenvalue weighted by Crippen LogP contribution is 2.12. The molecule has 0 aliphatic rings. The zero-order chi connectivity index (χ0) is 12.3. The Morgan fingerprint density at radius 2 is 2.06 bits per heavy atom. The minimum Gasteiger partial charge on any atom is -0.459 e. The lowest BCUT2D eigenvalue weighted by atomic mass is 10.1. The van der Waals surface area contributed by atoms with Crippen molar-refractivity contribution >= 4 is 23.2 Å². The number of nitrogens with two attached hydrogens (primary N) is 1. The van der Waals surface area contributed by atoms with Crippen molar-refractivity contribution in [1.29, 1.82) is 0 Å². The predicted octanol–water partition coefficient (Wildman–Crippen LogP) is 2.19. The summed E-state index contributed by atoms with van der Waals surface area (Å²) in [6.07, 6.45) is -0.122. The Morgan fingerprint density at radius 3 is 2.50 bits per heavy atom. The van der Waals surface area contributed by atoms with Crippen molar-refractivity contribution in [3.63, 3.8) is 0 Å². The summed E-state index contributed by atoms with van der Waals surface area (Å²) >= 11 is 4.89. The molecule has 4 heteroatoms. The van der Waals surface area contributed by atoms with Gasteiger partial charge in [-0.2, -0.15) is 0 Å². The van der Waals surface area contributed by atoms with E-state index in [9.17, 15) is 4.79 Å². The lowest BCUT2D eigenvalue weighted by molar-refractivity contribution is 0.0378. The number of benzene rings is 1. The number of carbonyl (C=O) groups is 1. The molecule has 0 aliphatic carbocycles. The molecule has 0 atom stereocenters. The van der Waals surface area contributed by atoms with Crippen LogP contribution >= 0.6 is 12.2 Å². The number of carbonyl (C=O) groups excluding carboxylic acids is 1. The van der Waals surface area contributed by atoms with Gasteiger partial charge in [0, 0.05) is 5.56 Å². The average molecular weight is 237 g/mol. The zero-order valence-corrected chi connectivity index (χ0v) is 10.4. The Labute approximate surface area is 101 Å². The molecular formula is C12H15NO2S. The Morgan fingerprint density at radius 1 is 1.44 bits per heavy atom.